The summed E-state index contributed by atoms with van der Waals surface area (Å²) in [5.41, 5.74) is 1.82. The Hall–Kier alpha value is -1.03. The fraction of sp³-hybridized carbons (Fsp3) is 0.417. The Morgan fingerprint density at radius 2 is 2.19 bits per heavy atom. The van der Waals surface area contributed by atoms with E-state index in [1.54, 1.807) is 0 Å². The van der Waals surface area contributed by atoms with E-state index in [9.17, 15) is 0 Å². The number of alkyl halides is 1. The number of para-hydroxylation sites is 2. The summed E-state index contributed by atoms with van der Waals surface area (Å²) in [4.78, 5) is 6.79. The van der Waals surface area contributed by atoms with Crippen LogP contribution in [-0.4, -0.2) is 22.9 Å². The number of nitrogens with zero attached hydrogens (tertiary/aromatic N) is 2. The summed E-state index contributed by atoms with van der Waals surface area (Å²) in [6.45, 7) is 0.956. The first-order chi connectivity index (χ1) is 7.88. The molecular formula is C12H13BrN2O. The number of rotatable bonds is 4. The van der Waals surface area contributed by atoms with Crippen molar-refractivity contribution in [3.8, 4) is 0 Å². The summed E-state index contributed by atoms with van der Waals surface area (Å²) < 4.78 is 5.78. The van der Waals surface area contributed by atoms with Crippen molar-refractivity contribution in [2.45, 2.75) is 18.9 Å². The van der Waals surface area contributed by atoms with E-state index in [-0.39, 0.29) is 0 Å². The molecule has 1 aliphatic carbocycles. The quantitative estimate of drug-likeness (QED) is 0.806. The van der Waals surface area contributed by atoms with Gasteiger partial charge >= 0.3 is 0 Å². The van der Waals surface area contributed by atoms with Crippen molar-refractivity contribution in [3.05, 3.63) is 24.3 Å². The van der Waals surface area contributed by atoms with Gasteiger partial charge in [0.25, 0.3) is 6.01 Å². The lowest BCUT2D eigenvalue weighted by Crippen LogP contribution is -2.27. The molecule has 0 radical (unpaired) electrons. The molecule has 0 bridgehead atoms. The average molecular weight is 281 g/mol. The Kier molecular flexibility index (Phi) is 2.59. The van der Waals surface area contributed by atoms with Crippen molar-refractivity contribution < 1.29 is 4.42 Å². The molecule has 1 fully saturated rings. The van der Waals surface area contributed by atoms with E-state index in [1.807, 2.05) is 24.3 Å². The van der Waals surface area contributed by atoms with Gasteiger partial charge < -0.3 is 9.32 Å². The van der Waals surface area contributed by atoms with Crippen LogP contribution in [0, 0.1) is 0 Å². The van der Waals surface area contributed by atoms with Gasteiger partial charge in [0.15, 0.2) is 5.58 Å². The van der Waals surface area contributed by atoms with E-state index in [0.717, 1.165) is 29.0 Å². The number of benzene rings is 1. The summed E-state index contributed by atoms with van der Waals surface area (Å²) in [6, 6.07) is 9.31. The molecule has 0 atom stereocenters. The highest BCUT2D eigenvalue weighted by atomic mass is 79.9. The largest absolute Gasteiger partial charge is 0.423 e. The molecule has 0 saturated heterocycles. The van der Waals surface area contributed by atoms with Gasteiger partial charge in [-0.3, -0.25) is 0 Å². The van der Waals surface area contributed by atoms with E-state index in [0.29, 0.717) is 6.04 Å². The maximum atomic E-state index is 5.78. The fourth-order valence-electron chi connectivity index (χ4n) is 1.89. The highest BCUT2D eigenvalue weighted by Crippen LogP contribution is 2.32. The Bertz CT molecular complexity index is 459. The van der Waals surface area contributed by atoms with Crippen molar-refractivity contribution in [1.82, 2.24) is 4.98 Å². The molecule has 1 aromatic carbocycles. The van der Waals surface area contributed by atoms with Gasteiger partial charge in [-0.05, 0) is 25.0 Å². The van der Waals surface area contributed by atoms with Crippen molar-refractivity contribution in [2.24, 2.45) is 0 Å². The smallest absolute Gasteiger partial charge is 0.298 e. The molecule has 0 spiro atoms. The van der Waals surface area contributed by atoms with Crippen LogP contribution in [0.3, 0.4) is 0 Å². The highest BCUT2D eigenvalue weighted by molar-refractivity contribution is 9.09. The Morgan fingerprint density at radius 1 is 1.38 bits per heavy atom. The molecule has 1 aromatic heterocycles. The molecule has 3 rings (SSSR count). The lowest BCUT2D eigenvalue weighted by molar-refractivity contribution is 0.570. The van der Waals surface area contributed by atoms with Crippen molar-refractivity contribution in [2.75, 3.05) is 16.8 Å². The molecule has 16 heavy (non-hydrogen) atoms. The van der Waals surface area contributed by atoms with Crippen molar-refractivity contribution in [1.29, 1.82) is 0 Å². The van der Waals surface area contributed by atoms with Crippen LogP contribution in [0.25, 0.3) is 11.1 Å². The van der Waals surface area contributed by atoms with E-state index < -0.39 is 0 Å². The zero-order valence-corrected chi connectivity index (χ0v) is 10.5. The first-order valence-corrected chi connectivity index (χ1v) is 6.69. The highest BCUT2D eigenvalue weighted by Gasteiger charge is 2.31. The van der Waals surface area contributed by atoms with Crippen LogP contribution >= 0.6 is 15.9 Å². The minimum atomic E-state index is 0.630. The third-order valence-electron chi connectivity index (χ3n) is 2.84. The van der Waals surface area contributed by atoms with Crippen molar-refractivity contribution >= 4 is 33.0 Å². The van der Waals surface area contributed by atoms with E-state index in [4.69, 9.17) is 4.42 Å². The topological polar surface area (TPSA) is 29.3 Å². The summed E-state index contributed by atoms with van der Waals surface area (Å²) in [5, 5.41) is 0.947. The standard InChI is InChI=1S/C12H13BrN2O/c13-7-8-15(9-5-6-9)12-14-10-3-1-2-4-11(10)16-12/h1-4,9H,5-8H2. The predicted molar refractivity (Wildman–Crippen MR) is 68.2 cm³/mol. The molecule has 2 aromatic rings. The first-order valence-electron chi connectivity index (χ1n) is 5.56. The molecule has 1 heterocycles. The van der Waals surface area contributed by atoms with Gasteiger partial charge in [0.1, 0.15) is 5.52 Å². The van der Waals surface area contributed by atoms with Crippen LogP contribution in [0.4, 0.5) is 6.01 Å². The molecule has 1 saturated carbocycles. The number of fused-ring (bicyclic) bond motifs is 1. The SMILES string of the molecule is BrCCN(c1nc2ccccc2o1)C1CC1. The molecule has 0 unspecified atom stereocenters. The van der Waals surface area contributed by atoms with Gasteiger partial charge in [-0.15, -0.1) is 0 Å². The molecule has 0 aliphatic heterocycles. The Balaban J connectivity index is 1.96. The molecule has 0 N–H and O–H groups in total. The lowest BCUT2D eigenvalue weighted by atomic mass is 10.3. The Labute approximate surface area is 103 Å². The third kappa shape index (κ3) is 1.82. The van der Waals surface area contributed by atoms with E-state index in [2.05, 4.69) is 25.8 Å². The van der Waals surface area contributed by atoms with Crippen LogP contribution in [0.1, 0.15) is 12.8 Å². The van der Waals surface area contributed by atoms with Gasteiger partial charge in [-0.1, -0.05) is 28.1 Å². The fourth-order valence-corrected chi connectivity index (χ4v) is 2.28. The number of hydrogen-bond acceptors (Lipinski definition) is 3. The predicted octanol–water partition coefficient (Wildman–Crippen LogP) is 3.19. The number of aromatic nitrogens is 1. The van der Waals surface area contributed by atoms with Crippen molar-refractivity contribution in [3.63, 3.8) is 0 Å². The van der Waals surface area contributed by atoms with Crippen LogP contribution < -0.4 is 4.90 Å². The molecular weight excluding hydrogens is 268 g/mol. The zero-order valence-electron chi connectivity index (χ0n) is 8.90. The van der Waals surface area contributed by atoms with E-state index in [1.165, 1.54) is 12.8 Å². The lowest BCUT2D eigenvalue weighted by Gasteiger charge is -2.18. The number of oxazole rings is 1. The first kappa shape index (κ1) is 10.1. The number of hydrogen-bond donors (Lipinski definition) is 0. The van der Waals surface area contributed by atoms with Crippen LogP contribution in [0.15, 0.2) is 28.7 Å². The van der Waals surface area contributed by atoms with Crippen LogP contribution in [0.5, 0.6) is 0 Å². The number of anilines is 1. The maximum absolute atomic E-state index is 5.78. The zero-order chi connectivity index (χ0) is 11.0. The summed E-state index contributed by atoms with van der Waals surface area (Å²) in [7, 11) is 0. The molecule has 4 heteroatoms. The van der Waals surface area contributed by atoms with Crippen LogP contribution in [-0.2, 0) is 0 Å². The second-order valence-electron chi connectivity index (χ2n) is 4.08. The average Bonchev–Trinajstić information content (AvgIpc) is 3.04. The normalized spacial score (nSPS) is 15.6. The van der Waals surface area contributed by atoms with Gasteiger partial charge in [-0.2, -0.15) is 4.98 Å². The summed E-state index contributed by atoms with van der Waals surface area (Å²) >= 11 is 3.48. The summed E-state index contributed by atoms with van der Waals surface area (Å²) in [6.07, 6.45) is 2.51. The van der Waals surface area contributed by atoms with Gasteiger partial charge in [0.05, 0.1) is 0 Å². The van der Waals surface area contributed by atoms with Crippen LogP contribution in [0.2, 0.25) is 0 Å². The Morgan fingerprint density at radius 3 is 2.88 bits per heavy atom. The second-order valence-corrected chi connectivity index (χ2v) is 4.87. The monoisotopic (exact) mass is 280 g/mol. The molecule has 84 valence electrons. The molecule has 1 aliphatic rings. The second kappa shape index (κ2) is 4.09. The summed E-state index contributed by atoms with van der Waals surface area (Å²) in [5.74, 6) is 0. The van der Waals surface area contributed by atoms with Gasteiger partial charge in [-0.25, -0.2) is 0 Å². The third-order valence-corrected chi connectivity index (χ3v) is 3.20. The van der Waals surface area contributed by atoms with Gasteiger partial charge in [0, 0.05) is 17.9 Å². The number of halogens is 1. The van der Waals surface area contributed by atoms with E-state index >= 15 is 0 Å². The minimum absolute atomic E-state index is 0.630. The molecule has 0 amide bonds. The molecule has 3 nitrogen and oxygen atoms in total. The van der Waals surface area contributed by atoms with Gasteiger partial charge in [0.2, 0.25) is 0 Å². The maximum Gasteiger partial charge on any atom is 0.298 e. The minimum Gasteiger partial charge on any atom is -0.423 e.